The first-order valence-electron chi connectivity index (χ1n) is 3.28. The zero-order valence-electron chi connectivity index (χ0n) is 6.59. The molecule has 0 unspecified atom stereocenters. The van der Waals surface area contributed by atoms with E-state index in [1.807, 2.05) is 6.92 Å². The maximum absolute atomic E-state index is 10.6. The van der Waals surface area contributed by atoms with Crippen LogP contribution in [0.2, 0.25) is 0 Å². The van der Waals surface area contributed by atoms with E-state index in [-0.39, 0.29) is 0 Å². The van der Waals surface area contributed by atoms with Crippen LogP contribution in [0.15, 0.2) is 0 Å². The molecule has 0 aliphatic carbocycles. The molecule has 0 aromatic carbocycles. The molecule has 3 nitrogen and oxygen atoms in total. The molecule has 0 heterocycles. The second kappa shape index (κ2) is 2.88. The van der Waals surface area contributed by atoms with Crippen LogP contribution in [-0.2, 0) is 10.1 Å². The summed E-state index contributed by atoms with van der Waals surface area (Å²) in [6, 6.07) is 0. The van der Waals surface area contributed by atoms with Crippen molar-refractivity contribution in [3.05, 3.63) is 0 Å². The van der Waals surface area contributed by atoms with Crippen LogP contribution in [0.1, 0.15) is 33.6 Å². The second-order valence-electron chi connectivity index (χ2n) is 2.98. The van der Waals surface area contributed by atoms with E-state index in [0.29, 0.717) is 6.42 Å². The summed E-state index contributed by atoms with van der Waals surface area (Å²) in [5, 5.41) is 0. The lowest BCUT2D eigenvalue weighted by Crippen LogP contribution is -2.30. The van der Waals surface area contributed by atoms with E-state index in [9.17, 15) is 8.42 Å². The van der Waals surface area contributed by atoms with Gasteiger partial charge in [-0.15, -0.1) is 0 Å². The molecule has 0 amide bonds. The zero-order chi connectivity index (χ0) is 8.41. The maximum atomic E-state index is 10.6. The van der Waals surface area contributed by atoms with Crippen molar-refractivity contribution in [2.24, 2.45) is 0 Å². The van der Waals surface area contributed by atoms with E-state index in [4.69, 9.17) is 4.55 Å². The van der Waals surface area contributed by atoms with Crippen molar-refractivity contribution in [3.63, 3.8) is 0 Å². The fourth-order valence-electron chi connectivity index (χ4n) is 0.731. The molecular formula is C6H14O3S. The van der Waals surface area contributed by atoms with Crippen LogP contribution >= 0.6 is 0 Å². The molecule has 0 radical (unpaired) electrons. The third-order valence-electron chi connectivity index (χ3n) is 1.55. The summed E-state index contributed by atoms with van der Waals surface area (Å²) in [7, 11) is -3.86. The Balaban J connectivity index is 4.42. The Labute approximate surface area is 62.2 Å². The van der Waals surface area contributed by atoms with Crippen molar-refractivity contribution in [3.8, 4) is 0 Å². The number of hydrogen-bond donors (Lipinski definition) is 1. The van der Waals surface area contributed by atoms with Gasteiger partial charge >= 0.3 is 0 Å². The van der Waals surface area contributed by atoms with Gasteiger partial charge in [0.2, 0.25) is 0 Å². The summed E-state index contributed by atoms with van der Waals surface area (Å²) >= 11 is 0. The van der Waals surface area contributed by atoms with Gasteiger partial charge in [0, 0.05) is 0 Å². The Morgan fingerprint density at radius 1 is 1.40 bits per heavy atom. The highest BCUT2D eigenvalue weighted by atomic mass is 32.2. The first kappa shape index (κ1) is 9.91. The summed E-state index contributed by atoms with van der Waals surface area (Å²) in [5.74, 6) is 0. The van der Waals surface area contributed by atoms with Gasteiger partial charge in [-0.2, -0.15) is 8.42 Å². The van der Waals surface area contributed by atoms with Crippen LogP contribution < -0.4 is 0 Å². The molecule has 0 aromatic heterocycles. The fourth-order valence-corrected chi connectivity index (χ4v) is 1.19. The molecule has 1 N–H and O–H groups in total. The lowest BCUT2D eigenvalue weighted by Gasteiger charge is -2.19. The van der Waals surface area contributed by atoms with Crippen molar-refractivity contribution >= 4 is 10.1 Å². The molecule has 0 aromatic rings. The van der Waals surface area contributed by atoms with Gasteiger partial charge in [0.25, 0.3) is 10.1 Å². The Morgan fingerprint density at radius 2 is 1.80 bits per heavy atom. The third-order valence-corrected chi connectivity index (χ3v) is 3.15. The topological polar surface area (TPSA) is 54.4 Å². The minimum absolute atomic E-state index is 0.492. The molecule has 0 bridgehead atoms. The molecule has 4 heteroatoms. The molecule has 0 saturated heterocycles. The quantitative estimate of drug-likeness (QED) is 0.646. The van der Waals surface area contributed by atoms with Gasteiger partial charge in [-0.1, -0.05) is 13.3 Å². The summed E-state index contributed by atoms with van der Waals surface area (Å²) in [6.07, 6.45) is 1.25. The van der Waals surface area contributed by atoms with Crippen molar-refractivity contribution in [2.45, 2.75) is 38.4 Å². The van der Waals surface area contributed by atoms with Gasteiger partial charge in [0.1, 0.15) is 0 Å². The SMILES string of the molecule is CCCC(C)(C)S(=O)(=O)O. The molecule has 0 saturated carbocycles. The normalized spacial score (nSPS) is 13.6. The Morgan fingerprint density at radius 3 is 1.90 bits per heavy atom. The van der Waals surface area contributed by atoms with Gasteiger partial charge in [0.15, 0.2) is 0 Å². The average molecular weight is 166 g/mol. The van der Waals surface area contributed by atoms with Crippen LogP contribution in [0, 0.1) is 0 Å². The molecule has 0 spiro atoms. The molecule has 0 aliphatic heterocycles. The maximum Gasteiger partial charge on any atom is 0.270 e. The summed E-state index contributed by atoms with van der Waals surface area (Å²) in [6.45, 7) is 4.92. The van der Waals surface area contributed by atoms with Gasteiger partial charge in [-0.25, -0.2) is 0 Å². The van der Waals surface area contributed by atoms with E-state index in [1.54, 1.807) is 0 Å². The fraction of sp³-hybridized carbons (Fsp3) is 1.00. The smallest absolute Gasteiger partial charge is 0.270 e. The third kappa shape index (κ3) is 2.27. The van der Waals surface area contributed by atoms with Crippen LogP contribution in [0.4, 0.5) is 0 Å². The largest absolute Gasteiger partial charge is 0.285 e. The van der Waals surface area contributed by atoms with Crippen molar-refractivity contribution in [2.75, 3.05) is 0 Å². The first-order valence-corrected chi connectivity index (χ1v) is 4.72. The molecule has 0 aliphatic rings. The lowest BCUT2D eigenvalue weighted by atomic mass is 10.1. The number of hydrogen-bond acceptors (Lipinski definition) is 2. The summed E-state index contributed by atoms with van der Waals surface area (Å²) < 4.78 is 28.9. The highest BCUT2D eigenvalue weighted by Crippen LogP contribution is 2.20. The molecule has 0 atom stereocenters. The molecule has 0 rings (SSSR count). The zero-order valence-corrected chi connectivity index (χ0v) is 7.40. The second-order valence-corrected chi connectivity index (χ2v) is 5.04. The van der Waals surface area contributed by atoms with E-state index in [2.05, 4.69) is 0 Å². The van der Waals surface area contributed by atoms with E-state index < -0.39 is 14.9 Å². The highest BCUT2D eigenvalue weighted by Gasteiger charge is 2.30. The summed E-state index contributed by atoms with van der Waals surface area (Å²) in [5.41, 5.74) is 0. The van der Waals surface area contributed by atoms with Crippen LogP contribution in [0.3, 0.4) is 0 Å². The predicted molar refractivity (Wildman–Crippen MR) is 40.5 cm³/mol. The van der Waals surface area contributed by atoms with Crippen LogP contribution in [0.25, 0.3) is 0 Å². The first-order chi connectivity index (χ1) is 4.31. The Bertz CT molecular complexity index is 191. The monoisotopic (exact) mass is 166 g/mol. The molecule has 62 valence electrons. The standard InChI is InChI=1S/C6H14O3S/c1-4-5-6(2,3)10(7,8)9/h4-5H2,1-3H3,(H,7,8,9). The molecule has 10 heavy (non-hydrogen) atoms. The minimum Gasteiger partial charge on any atom is -0.285 e. The number of rotatable bonds is 3. The van der Waals surface area contributed by atoms with Gasteiger partial charge < -0.3 is 0 Å². The van der Waals surface area contributed by atoms with Crippen molar-refractivity contribution in [1.82, 2.24) is 0 Å². The Kier molecular flexibility index (Phi) is 2.86. The van der Waals surface area contributed by atoms with Crippen molar-refractivity contribution in [1.29, 1.82) is 0 Å². The highest BCUT2D eigenvalue weighted by molar-refractivity contribution is 7.87. The van der Waals surface area contributed by atoms with Gasteiger partial charge in [0.05, 0.1) is 4.75 Å². The van der Waals surface area contributed by atoms with Gasteiger partial charge in [-0.05, 0) is 20.3 Å². The van der Waals surface area contributed by atoms with Gasteiger partial charge in [-0.3, -0.25) is 4.55 Å². The molecular weight excluding hydrogens is 152 g/mol. The Hall–Kier alpha value is -0.0900. The van der Waals surface area contributed by atoms with Crippen molar-refractivity contribution < 1.29 is 13.0 Å². The lowest BCUT2D eigenvalue weighted by molar-refractivity contribution is 0.430. The van der Waals surface area contributed by atoms with E-state index in [0.717, 1.165) is 6.42 Å². The van der Waals surface area contributed by atoms with Crippen LogP contribution in [-0.4, -0.2) is 17.7 Å². The minimum atomic E-state index is -3.86. The molecule has 0 fully saturated rings. The summed E-state index contributed by atoms with van der Waals surface area (Å²) in [4.78, 5) is 0. The van der Waals surface area contributed by atoms with Crippen LogP contribution in [0.5, 0.6) is 0 Å². The van der Waals surface area contributed by atoms with E-state index >= 15 is 0 Å². The average Bonchev–Trinajstić information content (AvgIpc) is 1.61. The van der Waals surface area contributed by atoms with E-state index in [1.165, 1.54) is 13.8 Å². The predicted octanol–water partition coefficient (Wildman–Crippen LogP) is 1.45.